The molecule has 2 unspecified atom stereocenters. The summed E-state index contributed by atoms with van der Waals surface area (Å²) in [5.74, 6) is -0.0318. The molecule has 0 saturated carbocycles. The van der Waals surface area contributed by atoms with Gasteiger partial charge in [-0.05, 0) is 51.4 Å². The molecule has 2 atom stereocenters. The van der Waals surface area contributed by atoms with Crippen molar-refractivity contribution < 1.29 is 24.5 Å². The van der Waals surface area contributed by atoms with Crippen molar-refractivity contribution in [3.8, 4) is 0 Å². The fraction of sp³-hybridized carbons (Fsp3) is 0.939. The number of aliphatic hydroxyl groups is 2. The zero-order valence-electron chi connectivity index (χ0n) is 48.9. The van der Waals surface area contributed by atoms with Gasteiger partial charge in [0.15, 0.2) is 0 Å². The number of ether oxygens (including phenoxy) is 1. The molecule has 0 rings (SSSR count). The lowest BCUT2D eigenvalue weighted by molar-refractivity contribution is -0.143. The van der Waals surface area contributed by atoms with E-state index < -0.39 is 12.1 Å². The summed E-state index contributed by atoms with van der Waals surface area (Å²) in [6.45, 7) is 4.97. The van der Waals surface area contributed by atoms with Crippen molar-refractivity contribution in [1.82, 2.24) is 5.32 Å². The smallest absolute Gasteiger partial charge is 0.305 e. The molecular formula is C66H129NO5. The van der Waals surface area contributed by atoms with Gasteiger partial charge in [0.1, 0.15) is 0 Å². The van der Waals surface area contributed by atoms with Gasteiger partial charge >= 0.3 is 5.97 Å². The molecular weight excluding hydrogens is 887 g/mol. The average molecular weight is 1020 g/mol. The molecule has 6 heteroatoms. The van der Waals surface area contributed by atoms with Gasteiger partial charge in [0, 0.05) is 12.8 Å². The number of unbranched alkanes of at least 4 members (excludes halogenated alkanes) is 49. The van der Waals surface area contributed by atoms with Crippen LogP contribution in [0.15, 0.2) is 12.2 Å². The first-order valence-corrected chi connectivity index (χ1v) is 32.9. The molecule has 0 aromatic heterocycles. The highest BCUT2D eigenvalue weighted by molar-refractivity contribution is 5.76. The van der Waals surface area contributed by atoms with Crippen LogP contribution in [0.4, 0.5) is 0 Å². The Morgan fingerprint density at radius 2 is 0.653 bits per heavy atom. The summed E-state index contributed by atoms with van der Waals surface area (Å²) in [6.07, 6.45) is 75.1. The predicted octanol–water partition coefficient (Wildman–Crippen LogP) is 20.8. The first kappa shape index (κ1) is 70.6. The van der Waals surface area contributed by atoms with E-state index in [9.17, 15) is 19.8 Å². The number of rotatable bonds is 62. The van der Waals surface area contributed by atoms with E-state index in [1.807, 2.05) is 0 Å². The van der Waals surface area contributed by atoms with Crippen LogP contribution >= 0.6 is 0 Å². The van der Waals surface area contributed by atoms with Gasteiger partial charge in [-0.1, -0.05) is 321 Å². The number of carbonyl (C=O) groups excluding carboxylic acids is 2. The second kappa shape index (κ2) is 62.1. The molecule has 1 amide bonds. The van der Waals surface area contributed by atoms with Gasteiger partial charge < -0.3 is 20.3 Å². The highest BCUT2D eigenvalue weighted by Gasteiger charge is 2.20. The largest absolute Gasteiger partial charge is 0.466 e. The molecule has 0 saturated heterocycles. The van der Waals surface area contributed by atoms with Crippen molar-refractivity contribution in [2.75, 3.05) is 13.2 Å². The second-order valence-corrected chi connectivity index (χ2v) is 22.8. The zero-order valence-corrected chi connectivity index (χ0v) is 48.9. The lowest BCUT2D eigenvalue weighted by Gasteiger charge is -2.22. The number of hydrogen-bond acceptors (Lipinski definition) is 5. The van der Waals surface area contributed by atoms with E-state index in [4.69, 9.17) is 4.74 Å². The molecule has 0 fully saturated rings. The predicted molar refractivity (Wildman–Crippen MR) is 315 cm³/mol. The Labute approximate surface area is 450 Å². The highest BCUT2D eigenvalue weighted by atomic mass is 16.5. The number of aliphatic hydroxyl groups excluding tert-OH is 2. The number of hydrogen-bond donors (Lipinski definition) is 3. The second-order valence-electron chi connectivity index (χ2n) is 22.8. The standard InChI is InChI=1S/C66H129NO5/c1-3-5-7-9-11-13-15-17-19-20-21-22-23-25-28-31-34-38-42-46-50-54-58-64(69)63(62-68)67-65(70)59-55-51-47-43-39-35-32-29-26-24-27-30-33-37-41-45-49-53-57-61-72-66(71)60-56-52-48-44-40-36-18-16-14-12-10-8-6-4-2/h16,18,63-64,68-69H,3-15,17,19-62H2,1-2H3,(H,67,70)/b18-16-. The van der Waals surface area contributed by atoms with Crippen LogP contribution in [0, 0.1) is 0 Å². The minimum Gasteiger partial charge on any atom is -0.466 e. The van der Waals surface area contributed by atoms with Gasteiger partial charge in [0.25, 0.3) is 0 Å². The molecule has 0 aliphatic heterocycles. The van der Waals surface area contributed by atoms with Crippen LogP contribution in [0.3, 0.4) is 0 Å². The number of carbonyl (C=O) groups is 2. The van der Waals surface area contributed by atoms with E-state index in [-0.39, 0.29) is 18.5 Å². The van der Waals surface area contributed by atoms with Gasteiger partial charge in [0.05, 0.1) is 25.4 Å². The Bertz CT molecular complexity index is 1080. The molecule has 72 heavy (non-hydrogen) atoms. The first-order valence-electron chi connectivity index (χ1n) is 32.9. The van der Waals surface area contributed by atoms with Gasteiger partial charge in [-0.15, -0.1) is 0 Å². The fourth-order valence-corrected chi connectivity index (χ4v) is 10.5. The third kappa shape index (κ3) is 57.9. The van der Waals surface area contributed by atoms with E-state index in [1.54, 1.807) is 0 Å². The maximum Gasteiger partial charge on any atom is 0.305 e. The summed E-state index contributed by atoms with van der Waals surface area (Å²) in [5.41, 5.74) is 0. The van der Waals surface area contributed by atoms with Crippen molar-refractivity contribution in [2.45, 2.75) is 386 Å². The number of amides is 1. The molecule has 0 aliphatic rings. The number of esters is 1. The van der Waals surface area contributed by atoms with E-state index in [0.29, 0.717) is 25.9 Å². The monoisotopic (exact) mass is 1020 g/mol. The van der Waals surface area contributed by atoms with E-state index in [0.717, 1.165) is 44.9 Å². The molecule has 0 aromatic carbocycles. The summed E-state index contributed by atoms with van der Waals surface area (Å²) in [7, 11) is 0. The molecule has 3 N–H and O–H groups in total. The van der Waals surface area contributed by atoms with Crippen molar-refractivity contribution >= 4 is 11.9 Å². The molecule has 0 aromatic rings. The SMILES string of the molecule is CCCCCCC/C=C\CCCCCCCC(=O)OCCCCCCCCCCCCCCCCCCCCCC(=O)NC(CO)C(O)CCCCCCCCCCCCCCCCCCCCCCCC. The number of nitrogens with one attached hydrogen (secondary N) is 1. The molecule has 0 heterocycles. The topological polar surface area (TPSA) is 95.9 Å². The lowest BCUT2D eigenvalue weighted by Crippen LogP contribution is -2.45. The minimum absolute atomic E-state index is 0.00169. The minimum atomic E-state index is -0.667. The Morgan fingerprint density at radius 3 is 0.986 bits per heavy atom. The maximum absolute atomic E-state index is 12.5. The normalized spacial score (nSPS) is 12.6. The lowest BCUT2D eigenvalue weighted by atomic mass is 10.0. The summed E-state index contributed by atoms with van der Waals surface area (Å²) in [4.78, 5) is 24.6. The maximum atomic E-state index is 12.5. The van der Waals surface area contributed by atoms with E-state index in [2.05, 4.69) is 31.3 Å². The summed E-state index contributed by atoms with van der Waals surface area (Å²) < 4.78 is 5.48. The van der Waals surface area contributed by atoms with Crippen molar-refractivity contribution in [3.63, 3.8) is 0 Å². The Hall–Kier alpha value is -1.40. The first-order chi connectivity index (χ1) is 35.5. The number of allylic oxidation sites excluding steroid dienone is 2. The van der Waals surface area contributed by atoms with Gasteiger partial charge in [-0.2, -0.15) is 0 Å². The molecule has 0 radical (unpaired) electrons. The van der Waals surface area contributed by atoms with Crippen LogP contribution in [0.2, 0.25) is 0 Å². The third-order valence-corrected chi connectivity index (χ3v) is 15.6. The van der Waals surface area contributed by atoms with Crippen molar-refractivity contribution in [3.05, 3.63) is 12.2 Å². The summed E-state index contributed by atoms with van der Waals surface area (Å²) >= 11 is 0. The van der Waals surface area contributed by atoms with Crippen molar-refractivity contribution in [1.29, 1.82) is 0 Å². The van der Waals surface area contributed by atoms with Gasteiger partial charge in [0.2, 0.25) is 5.91 Å². The Morgan fingerprint density at radius 1 is 0.375 bits per heavy atom. The average Bonchev–Trinajstić information content (AvgIpc) is 3.38. The van der Waals surface area contributed by atoms with Gasteiger partial charge in [-0.3, -0.25) is 9.59 Å². The van der Waals surface area contributed by atoms with Crippen LogP contribution < -0.4 is 5.32 Å². The molecule has 0 bridgehead atoms. The van der Waals surface area contributed by atoms with Crippen LogP contribution in [0.5, 0.6) is 0 Å². The summed E-state index contributed by atoms with van der Waals surface area (Å²) in [6, 6.07) is -0.544. The molecule has 0 spiro atoms. The fourth-order valence-electron chi connectivity index (χ4n) is 10.5. The Kier molecular flexibility index (Phi) is 60.9. The van der Waals surface area contributed by atoms with Crippen LogP contribution in [-0.4, -0.2) is 47.4 Å². The van der Waals surface area contributed by atoms with Crippen LogP contribution in [0.25, 0.3) is 0 Å². The highest BCUT2D eigenvalue weighted by Crippen LogP contribution is 2.19. The zero-order chi connectivity index (χ0) is 52.2. The van der Waals surface area contributed by atoms with Crippen LogP contribution in [-0.2, 0) is 14.3 Å². The van der Waals surface area contributed by atoms with E-state index >= 15 is 0 Å². The molecule has 428 valence electrons. The van der Waals surface area contributed by atoms with Gasteiger partial charge in [-0.25, -0.2) is 0 Å². The quantitative estimate of drug-likeness (QED) is 0.0320. The Balaban J connectivity index is 3.40. The molecule has 6 nitrogen and oxygen atoms in total. The summed E-state index contributed by atoms with van der Waals surface area (Å²) in [5, 5.41) is 23.4. The van der Waals surface area contributed by atoms with Crippen LogP contribution in [0.1, 0.15) is 373 Å². The van der Waals surface area contributed by atoms with E-state index in [1.165, 1.54) is 295 Å². The third-order valence-electron chi connectivity index (χ3n) is 15.6. The van der Waals surface area contributed by atoms with Crippen molar-refractivity contribution in [2.24, 2.45) is 0 Å². The molecule has 0 aliphatic carbocycles.